The molecule has 0 spiro atoms. The van der Waals surface area contributed by atoms with Crippen molar-refractivity contribution in [3.05, 3.63) is 53.3 Å². The number of ether oxygens (including phenoxy) is 1. The van der Waals surface area contributed by atoms with Gasteiger partial charge in [-0.3, -0.25) is 4.79 Å². The Bertz CT molecular complexity index is 746. The molecular weight excluding hydrogens is 362 g/mol. The number of aromatic nitrogens is 1. The average Bonchev–Trinajstić information content (AvgIpc) is 2.54. The van der Waals surface area contributed by atoms with Gasteiger partial charge in [-0.25, -0.2) is 9.78 Å². The topological polar surface area (TPSA) is 68.3 Å². The summed E-state index contributed by atoms with van der Waals surface area (Å²) in [5.41, 5.74) is 0.368. The van der Waals surface area contributed by atoms with Crippen LogP contribution in [-0.4, -0.2) is 29.2 Å². The Morgan fingerprint density at radius 2 is 2.04 bits per heavy atom. The van der Waals surface area contributed by atoms with Crippen molar-refractivity contribution >= 4 is 40.9 Å². The molecule has 0 atom stereocenters. The highest BCUT2D eigenvalue weighted by molar-refractivity contribution is 7.99. The molecule has 0 bridgehead atoms. The van der Waals surface area contributed by atoms with Gasteiger partial charge in [-0.05, 0) is 24.3 Å². The molecule has 126 valence electrons. The number of esters is 1. The van der Waals surface area contributed by atoms with Crippen LogP contribution in [-0.2, 0) is 9.53 Å². The number of hydrogen-bond acceptors (Lipinski definition) is 5. The highest BCUT2D eigenvalue weighted by Crippen LogP contribution is 2.31. The zero-order valence-electron chi connectivity index (χ0n) is 12.0. The molecule has 0 saturated heterocycles. The van der Waals surface area contributed by atoms with Gasteiger partial charge in [-0.2, -0.15) is 8.78 Å². The van der Waals surface area contributed by atoms with Crippen LogP contribution < -0.4 is 5.32 Å². The van der Waals surface area contributed by atoms with E-state index in [-0.39, 0.29) is 21.3 Å². The average molecular weight is 373 g/mol. The number of pyridine rings is 1. The number of carbonyl (C=O) groups is 2. The third-order valence-electron chi connectivity index (χ3n) is 2.67. The number of anilines is 1. The van der Waals surface area contributed by atoms with E-state index in [1.165, 1.54) is 30.5 Å². The van der Waals surface area contributed by atoms with Crippen LogP contribution in [0.5, 0.6) is 0 Å². The van der Waals surface area contributed by atoms with Gasteiger partial charge in [0.15, 0.2) is 6.61 Å². The first-order valence-electron chi connectivity index (χ1n) is 6.58. The molecule has 1 aromatic heterocycles. The van der Waals surface area contributed by atoms with Crippen LogP contribution in [0, 0.1) is 0 Å². The summed E-state index contributed by atoms with van der Waals surface area (Å²) in [6.45, 7) is -0.563. The SMILES string of the molecule is O=C(COC(=O)c1ccnc(Cl)c1)Nc1ccccc1SC(F)F. The molecule has 0 aliphatic rings. The number of nitrogens with one attached hydrogen (secondary N) is 1. The summed E-state index contributed by atoms with van der Waals surface area (Å²) in [6.07, 6.45) is 1.33. The molecular formula is C15H11ClF2N2O3S. The lowest BCUT2D eigenvalue weighted by molar-refractivity contribution is -0.119. The van der Waals surface area contributed by atoms with E-state index in [2.05, 4.69) is 10.3 Å². The van der Waals surface area contributed by atoms with Crippen molar-refractivity contribution in [2.24, 2.45) is 0 Å². The first-order valence-corrected chi connectivity index (χ1v) is 7.84. The second-order valence-corrected chi connectivity index (χ2v) is 5.79. The maximum absolute atomic E-state index is 12.5. The van der Waals surface area contributed by atoms with Gasteiger partial charge in [0.25, 0.3) is 11.7 Å². The van der Waals surface area contributed by atoms with Crippen molar-refractivity contribution in [3.8, 4) is 0 Å². The van der Waals surface area contributed by atoms with Crippen molar-refractivity contribution in [2.75, 3.05) is 11.9 Å². The molecule has 0 fully saturated rings. The summed E-state index contributed by atoms with van der Waals surface area (Å²) < 4.78 is 29.8. The second-order valence-electron chi connectivity index (χ2n) is 4.37. The molecule has 1 heterocycles. The Labute approximate surface area is 145 Å². The molecule has 1 aromatic carbocycles. The number of benzene rings is 1. The van der Waals surface area contributed by atoms with Gasteiger partial charge in [-0.15, -0.1) is 0 Å². The Morgan fingerprint density at radius 3 is 2.75 bits per heavy atom. The molecule has 9 heteroatoms. The number of amides is 1. The van der Waals surface area contributed by atoms with E-state index in [1.807, 2.05) is 0 Å². The minimum Gasteiger partial charge on any atom is -0.452 e. The minimum atomic E-state index is -2.61. The van der Waals surface area contributed by atoms with Crippen LogP contribution in [0.4, 0.5) is 14.5 Å². The zero-order chi connectivity index (χ0) is 17.5. The molecule has 0 unspecified atom stereocenters. The van der Waals surface area contributed by atoms with Gasteiger partial charge in [-0.1, -0.05) is 35.5 Å². The van der Waals surface area contributed by atoms with Crippen molar-refractivity contribution in [3.63, 3.8) is 0 Å². The Kier molecular flexibility index (Phi) is 6.51. The monoisotopic (exact) mass is 372 g/mol. The minimum absolute atomic E-state index is 0.117. The molecule has 1 amide bonds. The first-order chi connectivity index (χ1) is 11.5. The fourth-order valence-corrected chi connectivity index (χ4v) is 2.47. The van der Waals surface area contributed by atoms with E-state index < -0.39 is 24.2 Å². The lowest BCUT2D eigenvalue weighted by atomic mass is 10.3. The normalized spacial score (nSPS) is 10.5. The molecule has 5 nitrogen and oxygen atoms in total. The molecule has 1 N–H and O–H groups in total. The quantitative estimate of drug-likeness (QED) is 0.474. The number of hydrogen-bond donors (Lipinski definition) is 1. The van der Waals surface area contributed by atoms with Gasteiger partial charge in [0.2, 0.25) is 0 Å². The number of rotatable bonds is 6. The molecule has 0 aliphatic heterocycles. The van der Waals surface area contributed by atoms with Crippen LogP contribution in [0.25, 0.3) is 0 Å². The molecule has 24 heavy (non-hydrogen) atoms. The van der Waals surface area contributed by atoms with E-state index in [0.29, 0.717) is 11.8 Å². The number of para-hydroxylation sites is 1. The molecule has 0 aliphatic carbocycles. The predicted octanol–water partition coefficient (Wildman–Crippen LogP) is 3.85. The third kappa shape index (κ3) is 5.47. The number of alkyl halides is 2. The van der Waals surface area contributed by atoms with Crippen molar-refractivity contribution in [1.82, 2.24) is 4.98 Å². The zero-order valence-corrected chi connectivity index (χ0v) is 13.6. The lowest BCUT2D eigenvalue weighted by Gasteiger charge is -2.10. The number of halogens is 3. The third-order valence-corrected chi connectivity index (χ3v) is 3.67. The highest BCUT2D eigenvalue weighted by Gasteiger charge is 2.14. The summed E-state index contributed by atoms with van der Waals surface area (Å²) >= 11 is 5.97. The number of thioether (sulfide) groups is 1. The van der Waals surface area contributed by atoms with Gasteiger partial charge in [0.1, 0.15) is 5.15 Å². The van der Waals surface area contributed by atoms with Crippen LogP contribution in [0.2, 0.25) is 5.15 Å². The highest BCUT2D eigenvalue weighted by atomic mass is 35.5. The molecule has 2 rings (SSSR count). The largest absolute Gasteiger partial charge is 0.452 e. The van der Waals surface area contributed by atoms with Crippen LogP contribution >= 0.6 is 23.4 Å². The van der Waals surface area contributed by atoms with Gasteiger partial charge in [0.05, 0.1) is 11.3 Å². The van der Waals surface area contributed by atoms with E-state index in [0.717, 1.165) is 0 Å². The maximum atomic E-state index is 12.5. The Hall–Kier alpha value is -2.19. The summed E-state index contributed by atoms with van der Waals surface area (Å²) in [5.74, 6) is -4.01. The smallest absolute Gasteiger partial charge is 0.338 e. The predicted molar refractivity (Wildman–Crippen MR) is 86.5 cm³/mol. The molecule has 2 aromatic rings. The van der Waals surface area contributed by atoms with Crippen molar-refractivity contribution in [1.29, 1.82) is 0 Å². The Balaban J connectivity index is 1.93. The lowest BCUT2D eigenvalue weighted by Crippen LogP contribution is -2.21. The van der Waals surface area contributed by atoms with Crippen molar-refractivity contribution < 1.29 is 23.1 Å². The van der Waals surface area contributed by atoms with Crippen LogP contribution in [0.15, 0.2) is 47.5 Å². The number of carbonyl (C=O) groups excluding carboxylic acids is 2. The summed E-state index contributed by atoms with van der Waals surface area (Å²) in [6, 6.07) is 8.80. The Morgan fingerprint density at radius 1 is 1.29 bits per heavy atom. The fraction of sp³-hybridized carbons (Fsp3) is 0.133. The van der Waals surface area contributed by atoms with E-state index >= 15 is 0 Å². The van der Waals surface area contributed by atoms with Crippen molar-refractivity contribution in [2.45, 2.75) is 10.7 Å². The second kappa shape index (κ2) is 8.60. The summed E-state index contributed by atoms with van der Waals surface area (Å²) in [4.78, 5) is 27.5. The van der Waals surface area contributed by atoms with Crippen LogP contribution in [0.3, 0.4) is 0 Å². The number of nitrogens with zero attached hydrogens (tertiary/aromatic N) is 1. The van der Waals surface area contributed by atoms with Gasteiger partial charge in [0, 0.05) is 11.1 Å². The molecule has 0 saturated carbocycles. The summed E-state index contributed by atoms with van der Waals surface area (Å²) in [7, 11) is 0. The van der Waals surface area contributed by atoms with E-state index in [4.69, 9.17) is 16.3 Å². The summed E-state index contributed by atoms with van der Waals surface area (Å²) in [5, 5.41) is 2.54. The van der Waals surface area contributed by atoms with E-state index in [1.54, 1.807) is 12.1 Å². The van der Waals surface area contributed by atoms with Crippen LogP contribution in [0.1, 0.15) is 10.4 Å². The first kappa shape index (κ1) is 18.2. The van der Waals surface area contributed by atoms with Gasteiger partial charge >= 0.3 is 5.97 Å². The van der Waals surface area contributed by atoms with E-state index in [9.17, 15) is 18.4 Å². The molecule has 0 radical (unpaired) electrons. The standard InChI is InChI=1S/C15H11ClF2N2O3S/c16-12-7-9(5-6-19-12)14(22)23-8-13(21)20-10-3-1-2-4-11(10)24-15(17)18/h1-7,15H,8H2,(H,20,21). The maximum Gasteiger partial charge on any atom is 0.338 e. The van der Waals surface area contributed by atoms with Gasteiger partial charge < -0.3 is 10.1 Å². The fourth-order valence-electron chi connectivity index (χ4n) is 1.70.